The van der Waals surface area contributed by atoms with Crippen molar-refractivity contribution in [2.24, 2.45) is 11.8 Å². The van der Waals surface area contributed by atoms with Gasteiger partial charge in [0.15, 0.2) is 5.78 Å². The van der Waals surface area contributed by atoms with Gasteiger partial charge in [-0.2, -0.15) is 0 Å². The van der Waals surface area contributed by atoms with Crippen molar-refractivity contribution in [2.45, 2.75) is 129 Å². The molecule has 1 aliphatic carbocycles. The summed E-state index contributed by atoms with van der Waals surface area (Å²) in [5, 5.41) is 0. The van der Waals surface area contributed by atoms with Crippen molar-refractivity contribution in [3.8, 4) is 0 Å². The van der Waals surface area contributed by atoms with Crippen LogP contribution in [0.15, 0.2) is 121 Å². The van der Waals surface area contributed by atoms with Crippen LogP contribution in [0, 0.1) is 18.8 Å². The Labute approximate surface area is 356 Å². The quantitative estimate of drug-likeness (QED) is 0.105. The maximum Gasteiger partial charge on any atom is 0.163 e. The summed E-state index contributed by atoms with van der Waals surface area (Å²) in [5.74, 6) is 0.915. The van der Waals surface area contributed by atoms with Crippen LogP contribution in [0.3, 0.4) is 0 Å². The van der Waals surface area contributed by atoms with Crippen LogP contribution >= 0.6 is 0 Å². The van der Waals surface area contributed by atoms with E-state index in [1.807, 2.05) is 61.5 Å². The monoisotopic (exact) mass is 1060 g/mol. The van der Waals surface area contributed by atoms with Crippen LogP contribution in [0.2, 0.25) is 0 Å². The van der Waals surface area contributed by atoms with Crippen molar-refractivity contribution >= 4 is 17.4 Å². The van der Waals surface area contributed by atoms with Gasteiger partial charge in [-0.05, 0) is 101 Å². The Morgan fingerprint density at radius 3 is 1.96 bits per heavy atom. The molecule has 0 radical (unpaired) electrons. The van der Waals surface area contributed by atoms with Crippen molar-refractivity contribution in [3.05, 3.63) is 154 Å². The molecular formula is C50H72OW2. The maximum absolute atomic E-state index is 13.3. The fourth-order valence-electron chi connectivity index (χ4n) is 5.83. The van der Waals surface area contributed by atoms with Crippen LogP contribution in [0.25, 0.3) is 11.6 Å². The number of ketones is 1. The molecule has 2 atom stereocenters. The van der Waals surface area contributed by atoms with Crippen LogP contribution in [0.5, 0.6) is 0 Å². The zero-order valence-electron chi connectivity index (χ0n) is 35.9. The fourth-order valence-corrected chi connectivity index (χ4v) is 5.83. The Kier molecular flexibility index (Phi) is 35.1. The molecule has 2 unspecified atom stereocenters. The van der Waals surface area contributed by atoms with Crippen molar-refractivity contribution in [3.63, 3.8) is 0 Å². The molecule has 53 heavy (non-hydrogen) atoms. The van der Waals surface area contributed by atoms with Gasteiger partial charge in [-0.3, -0.25) is 4.79 Å². The summed E-state index contributed by atoms with van der Waals surface area (Å²) in [6.45, 7) is 47.4. The topological polar surface area (TPSA) is 17.1 Å². The van der Waals surface area contributed by atoms with Gasteiger partial charge in [0, 0.05) is 65.3 Å². The van der Waals surface area contributed by atoms with E-state index in [1.54, 1.807) is 6.08 Å². The van der Waals surface area contributed by atoms with E-state index in [1.165, 1.54) is 16.7 Å². The molecule has 2 aromatic carbocycles. The number of carbonyl (C=O) groups excluding carboxylic acids is 1. The van der Waals surface area contributed by atoms with Gasteiger partial charge >= 0.3 is 0 Å². The number of carbonyl (C=O) groups is 1. The molecule has 0 amide bonds. The minimum atomic E-state index is 0. The third kappa shape index (κ3) is 17.5. The summed E-state index contributed by atoms with van der Waals surface area (Å²) in [7, 11) is 0. The zero-order valence-corrected chi connectivity index (χ0v) is 41.7. The molecule has 1 aliphatic rings. The summed E-state index contributed by atoms with van der Waals surface area (Å²) in [4.78, 5) is 13.3. The SMILES string of the molecule is C=C=C(C(=C)Cc1ccc(C(=C)C(=C=C)C(C)CC)cc1)C1=CCC(C)C(CCC(=O)c2cc(C)c(CC)cc2C=C)=C1.CC.CC.CC.CC.[W].[W]. The number of aryl methyl sites for hydroxylation is 2. The second kappa shape index (κ2) is 32.6. The smallest absolute Gasteiger partial charge is 0.163 e. The summed E-state index contributed by atoms with van der Waals surface area (Å²) in [6.07, 6.45) is 11.1. The molecule has 0 saturated heterocycles. The van der Waals surface area contributed by atoms with Crippen LogP contribution in [-0.4, -0.2) is 5.78 Å². The Hall–Kier alpha value is -2.77. The third-order valence-corrected chi connectivity index (χ3v) is 8.87. The van der Waals surface area contributed by atoms with Gasteiger partial charge in [-0.15, -0.1) is 11.5 Å². The van der Waals surface area contributed by atoms with Gasteiger partial charge in [0.2, 0.25) is 0 Å². The van der Waals surface area contributed by atoms with Gasteiger partial charge in [0.1, 0.15) is 0 Å². The predicted octanol–water partition coefficient (Wildman–Crippen LogP) is 15.4. The van der Waals surface area contributed by atoms with E-state index in [0.717, 1.165) is 75.8 Å². The molecule has 290 valence electrons. The number of hydrogen-bond acceptors (Lipinski definition) is 1. The first-order valence-electron chi connectivity index (χ1n) is 19.5. The largest absolute Gasteiger partial charge is 0.294 e. The van der Waals surface area contributed by atoms with Gasteiger partial charge in [-0.1, -0.05) is 170 Å². The van der Waals surface area contributed by atoms with Gasteiger partial charge in [-0.25, -0.2) is 0 Å². The molecule has 0 bridgehead atoms. The Morgan fingerprint density at radius 2 is 1.49 bits per heavy atom. The van der Waals surface area contributed by atoms with Gasteiger partial charge in [0.05, 0.1) is 0 Å². The summed E-state index contributed by atoms with van der Waals surface area (Å²) in [5.41, 5.74) is 19.0. The van der Waals surface area contributed by atoms with E-state index in [0.29, 0.717) is 24.7 Å². The number of allylic oxidation sites excluding steroid dienone is 8. The average Bonchev–Trinajstić information content (AvgIpc) is 3.18. The van der Waals surface area contributed by atoms with Crippen molar-refractivity contribution in [1.29, 1.82) is 0 Å². The molecular weight excluding hydrogens is 984 g/mol. The Bertz CT molecular complexity index is 1580. The molecule has 3 heteroatoms. The predicted molar refractivity (Wildman–Crippen MR) is 233 cm³/mol. The molecule has 0 heterocycles. The van der Waals surface area contributed by atoms with E-state index in [-0.39, 0.29) is 47.9 Å². The van der Waals surface area contributed by atoms with Gasteiger partial charge in [0.25, 0.3) is 0 Å². The van der Waals surface area contributed by atoms with E-state index in [2.05, 4.69) is 121 Å². The molecule has 0 fully saturated rings. The second-order valence-electron chi connectivity index (χ2n) is 11.8. The normalized spacial score (nSPS) is 12.5. The fraction of sp³-hybridized carbons (Fsp3) is 0.420. The van der Waals surface area contributed by atoms with Crippen LogP contribution in [0.4, 0.5) is 0 Å². The van der Waals surface area contributed by atoms with Crippen molar-refractivity contribution in [1.82, 2.24) is 0 Å². The summed E-state index contributed by atoms with van der Waals surface area (Å²) < 4.78 is 0. The molecule has 0 aliphatic heterocycles. The number of Topliss-reactive ketones (excluding diaryl/α,β-unsaturated/α-hetero) is 1. The molecule has 0 N–H and O–H groups in total. The first-order chi connectivity index (χ1) is 24.6. The standard InChI is InChI=1S/C42H48O.4C2H6.2W/c1-11-28(6)39(14-4)32(10)36-20-17-33(18-21-36)24-31(9)40(15-5)38-19-16-29(7)37(27-38)22-23-42(43)41-25-30(8)34(12-2)26-35(41)13-3;4*1-2;;/h13,17-21,25-29H,3-5,9-12,16,22-24H2,1-2,6-8H3;4*1-2H3;;. The first-order valence-corrected chi connectivity index (χ1v) is 19.5. The molecule has 0 saturated carbocycles. The Balaban J connectivity index is -0.00000112. The molecule has 2 aromatic rings. The number of rotatable bonds is 14. The minimum Gasteiger partial charge on any atom is -0.294 e. The minimum absolute atomic E-state index is 0. The van der Waals surface area contributed by atoms with Crippen LogP contribution in [0.1, 0.15) is 147 Å². The van der Waals surface area contributed by atoms with Crippen molar-refractivity contribution < 1.29 is 46.9 Å². The molecule has 3 rings (SSSR count). The van der Waals surface area contributed by atoms with E-state index >= 15 is 0 Å². The molecule has 0 spiro atoms. The van der Waals surface area contributed by atoms with E-state index in [4.69, 9.17) is 0 Å². The third-order valence-electron chi connectivity index (χ3n) is 8.87. The van der Waals surface area contributed by atoms with Gasteiger partial charge < -0.3 is 0 Å². The average molecular weight is 1060 g/mol. The van der Waals surface area contributed by atoms with Crippen molar-refractivity contribution in [2.75, 3.05) is 0 Å². The molecule has 0 aromatic heterocycles. The second-order valence-corrected chi connectivity index (χ2v) is 11.8. The van der Waals surface area contributed by atoms with E-state index < -0.39 is 0 Å². The van der Waals surface area contributed by atoms with Crippen LogP contribution in [-0.2, 0) is 55.0 Å². The zero-order chi connectivity index (χ0) is 39.7. The first kappa shape index (κ1) is 57.0. The summed E-state index contributed by atoms with van der Waals surface area (Å²) in [6, 6.07) is 12.7. The molecule has 1 nitrogen and oxygen atoms in total. The van der Waals surface area contributed by atoms with E-state index in [9.17, 15) is 4.79 Å². The number of benzene rings is 2. The number of hydrogen-bond donors (Lipinski definition) is 0. The van der Waals surface area contributed by atoms with Crippen LogP contribution < -0.4 is 0 Å². The maximum atomic E-state index is 13.3. The Morgan fingerprint density at radius 1 is 0.925 bits per heavy atom. The summed E-state index contributed by atoms with van der Waals surface area (Å²) >= 11 is 0.